The third-order valence-corrected chi connectivity index (χ3v) is 12.7. The van der Waals surface area contributed by atoms with Gasteiger partial charge in [-0.2, -0.15) is 15.1 Å². The lowest BCUT2D eigenvalue weighted by molar-refractivity contribution is -0.0367. The molecule has 14 heteroatoms. The number of hydrogen-bond acceptors (Lipinski definition) is 11. The molecule has 5 aromatic rings. The van der Waals surface area contributed by atoms with E-state index in [0.29, 0.717) is 65.6 Å². The Kier molecular flexibility index (Phi) is 11.0. The summed E-state index contributed by atoms with van der Waals surface area (Å²) in [6.07, 6.45) is 8.46. The van der Waals surface area contributed by atoms with Gasteiger partial charge in [0.1, 0.15) is 29.4 Å². The first kappa shape index (κ1) is 40.9. The summed E-state index contributed by atoms with van der Waals surface area (Å²) in [5.41, 5.74) is 4.88. The van der Waals surface area contributed by atoms with Crippen molar-refractivity contribution in [3.05, 3.63) is 70.7 Å². The maximum atomic E-state index is 16.5. The molecule has 1 unspecified atom stereocenters. The molecule has 5 heterocycles. The topological polar surface area (TPSA) is 130 Å². The lowest BCUT2D eigenvalue weighted by atomic mass is 9.88. The molecular weight excluding hydrogens is 780 g/mol. The van der Waals surface area contributed by atoms with Gasteiger partial charge in [0.15, 0.2) is 12.0 Å². The minimum Gasteiger partial charge on any atom is -0.486 e. The van der Waals surface area contributed by atoms with Crippen molar-refractivity contribution >= 4 is 39.7 Å². The van der Waals surface area contributed by atoms with Gasteiger partial charge in [-0.25, -0.2) is 18.7 Å². The van der Waals surface area contributed by atoms with Crippen molar-refractivity contribution in [3.8, 4) is 22.9 Å². The van der Waals surface area contributed by atoms with Crippen molar-refractivity contribution in [3.63, 3.8) is 0 Å². The molecule has 2 aromatic heterocycles. The predicted molar refractivity (Wildman–Crippen MR) is 229 cm³/mol. The normalized spacial score (nSPS) is 20.1. The summed E-state index contributed by atoms with van der Waals surface area (Å²) in [6, 6.07) is 11.0. The second-order valence-electron chi connectivity index (χ2n) is 17.5. The van der Waals surface area contributed by atoms with Crippen LogP contribution in [0, 0.1) is 12.7 Å². The van der Waals surface area contributed by atoms with Crippen LogP contribution in [0.2, 0.25) is 0 Å². The summed E-state index contributed by atoms with van der Waals surface area (Å²) >= 11 is 0. The minimum absolute atomic E-state index is 0.000840. The largest absolute Gasteiger partial charge is 0.486 e. The van der Waals surface area contributed by atoms with Gasteiger partial charge in [-0.15, -0.1) is 0 Å². The van der Waals surface area contributed by atoms with Crippen molar-refractivity contribution in [2.45, 2.75) is 122 Å². The second kappa shape index (κ2) is 16.4. The number of halogens is 1. The fourth-order valence-electron chi connectivity index (χ4n) is 9.58. The molecule has 9 rings (SSSR count). The molecule has 1 aliphatic carbocycles. The van der Waals surface area contributed by atoms with Gasteiger partial charge in [-0.3, -0.25) is 0 Å². The number of esters is 1. The number of hydrogen-bond donors (Lipinski definition) is 0. The zero-order valence-corrected chi connectivity index (χ0v) is 36.0. The van der Waals surface area contributed by atoms with Crippen LogP contribution in [-0.2, 0) is 20.8 Å². The number of piperazine rings is 1. The van der Waals surface area contributed by atoms with Crippen LogP contribution < -0.4 is 14.4 Å². The van der Waals surface area contributed by atoms with Crippen LogP contribution in [0.15, 0.2) is 42.6 Å². The molecule has 1 saturated carbocycles. The third kappa shape index (κ3) is 7.72. The second-order valence-corrected chi connectivity index (χ2v) is 17.5. The maximum absolute atomic E-state index is 16.5. The molecule has 13 nitrogen and oxygen atoms in total. The van der Waals surface area contributed by atoms with Crippen LogP contribution in [-0.4, -0.2) is 87.8 Å². The van der Waals surface area contributed by atoms with Gasteiger partial charge in [0.05, 0.1) is 43.1 Å². The number of likely N-dealkylation sites (tertiary alicyclic amines) is 1. The number of methoxy groups -OCH3 is 1. The molecule has 2 bridgehead atoms. The Bertz CT molecular complexity index is 2480. The molecule has 3 atom stereocenters. The van der Waals surface area contributed by atoms with Gasteiger partial charge in [-0.05, 0) is 113 Å². The number of benzene rings is 3. The van der Waals surface area contributed by atoms with Crippen LogP contribution in [0.3, 0.4) is 0 Å². The number of rotatable bonds is 13. The number of aromatic nitrogens is 4. The fourth-order valence-corrected chi connectivity index (χ4v) is 9.58. The maximum Gasteiger partial charge on any atom is 0.410 e. The molecule has 1 amide bonds. The predicted octanol–water partition coefficient (Wildman–Crippen LogP) is 9.41. The van der Waals surface area contributed by atoms with Crippen LogP contribution in [0.1, 0.15) is 118 Å². The third-order valence-electron chi connectivity index (χ3n) is 12.7. The van der Waals surface area contributed by atoms with Crippen LogP contribution in [0.5, 0.6) is 11.8 Å². The molecular formula is C47H55FN6O7. The highest BCUT2D eigenvalue weighted by molar-refractivity contribution is 6.06. The molecule has 4 fully saturated rings. The average Bonchev–Trinajstić information content (AvgIpc) is 3.69. The van der Waals surface area contributed by atoms with E-state index in [0.717, 1.165) is 78.8 Å². The van der Waals surface area contributed by atoms with E-state index >= 15 is 4.39 Å². The molecule has 3 saturated heterocycles. The Balaban J connectivity index is 1.20. The highest BCUT2D eigenvalue weighted by Gasteiger charge is 2.48. The lowest BCUT2D eigenvalue weighted by Gasteiger charge is -2.36. The lowest BCUT2D eigenvalue weighted by Crippen LogP contribution is -2.50. The summed E-state index contributed by atoms with van der Waals surface area (Å²) in [4.78, 5) is 40.1. The smallest absolute Gasteiger partial charge is 0.410 e. The van der Waals surface area contributed by atoms with E-state index in [4.69, 9.17) is 38.8 Å². The van der Waals surface area contributed by atoms with E-state index in [9.17, 15) is 9.59 Å². The Morgan fingerprint density at radius 2 is 1.77 bits per heavy atom. The Hall–Kier alpha value is -5.50. The minimum atomic E-state index is -0.548. The van der Waals surface area contributed by atoms with Crippen LogP contribution in [0.25, 0.3) is 32.9 Å². The monoisotopic (exact) mass is 834 g/mol. The molecule has 3 aromatic carbocycles. The van der Waals surface area contributed by atoms with Gasteiger partial charge in [0, 0.05) is 47.7 Å². The van der Waals surface area contributed by atoms with E-state index in [1.807, 2.05) is 55.6 Å². The Labute approximate surface area is 355 Å². The number of carbonyl (C=O) groups excluding carboxylic acids is 2. The van der Waals surface area contributed by atoms with Crippen LogP contribution >= 0.6 is 0 Å². The summed E-state index contributed by atoms with van der Waals surface area (Å²) in [5.74, 6) is 0.627. The Morgan fingerprint density at radius 1 is 0.967 bits per heavy atom. The van der Waals surface area contributed by atoms with Gasteiger partial charge in [0.2, 0.25) is 0 Å². The van der Waals surface area contributed by atoms with Crippen molar-refractivity contribution in [2.24, 2.45) is 0 Å². The van der Waals surface area contributed by atoms with Gasteiger partial charge in [-0.1, -0.05) is 25.5 Å². The highest BCUT2D eigenvalue weighted by Crippen LogP contribution is 2.54. The van der Waals surface area contributed by atoms with Crippen LogP contribution in [0.4, 0.5) is 15.0 Å². The zero-order chi connectivity index (χ0) is 42.6. The van der Waals surface area contributed by atoms with Gasteiger partial charge < -0.3 is 33.5 Å². The number of carbonyl (C=O) groups is 2. The standard InChI is InChI=1S/C47H55FN6O7/c1-7-18-47(4,5)61-46(56)53-25-31-20-32(53)24-52(31)43-34-21-33(29-16-17-29)40(39-27(3)36(48)22-37-35(39)23-49-54(37)38-11-9-10-19-59-38)42(41(34)50-45(51-43)58-8-2)60-26-28-12-14-30(15-13-28)44(55)57-6/h12-15,21-23,29,31-32,38H,7-11,16-20,24-26H2,1-6H3/t31-,32-,38?/m0/s1. The van der Waals surface area contributed by atoms with E-state index in [1.165, 1.54) is 7.11 Å². The molecule has 322 valence electrons. The first-order valence-corrected chi connectivity index (χ1v) is 21.8. The number of ether oxygens (including phenoxy) is 5. The summed E-state index contributed by atoms with van der Waals surface area (Å²) < 4.78 is 48.5. The average molecular weight is 835 g/mol. The Morgan fingerprint density at radius 3 is 2.44 bits per heavy atom. The first-order valence-electron chi connectivity index (χ1n) is 21.8. The fraction of sp³-hybridized carbons (Fsp3) is 0.511. The van der Waals surface area contributed by atoms with E-state index in [-0.39, 0.29) is 48.8 Å². The SMILES string of the molecule is CCCC(C)(C)OC(=O)N1C[C@@H]2C[C@H]1CN2c1nc(OCC)nc2c(OCc3ccc(C(=O)OC)cc3)c(-c3c(C)c(F)cc4c3cnn4C3CCCCO3)c(C3CC3)cc12. The number of fused-ring (bicyclic) bond motifs is 4. The van der Waals surface area contributed by atoms with Gasteiger partial charge >= 0.3 is 18.1 Å². The quantitative estimate of drug-likeness (QED) is 0.105. The summed E-state index contributed by atoms with van der Waals surface area (Å²) in [5, 5.41) is 6.42. The molecule has 0 radical (unpaired) electrons. The molecule has 3 aliphatic heterocycles. The summed E-state index contributed by atoms with van der Waals surface area (Å²) in [7, 11) is 1.36. The number of anilines is 1. The van der Waals surface area contributed by atoms with Crippen molar-refractivity contribution in [1.29, 1.82) is 0 Å². The first-order chi connectivity index (χ1) is 29.5. The highest BCUT2D eigenvalue weighted by atomic mass is 19.1. The summed E-state index contributed by atoms with van der Waals surface area (Å²) in [6.45, 7) is 11.9. The van der Waals surface area contributed by atoms with E-state index < -0.39 is 11.6 Å². The van der Waals surface area contributed by atoms with Crippen molar-refractivity contribution in [2.75, 3.05) is 38.3 Å². The van der Waals surface area contributed by atoms with E-state index in [2.05, 4.69) is 17.9 Å². The van der Waals surface area contributed by atoms with Crippen molar-refractivity contribution < 1.29 is 37.7 Å². The van der Waals surface area contributed by atoms with Gasteiger partial charge in [0.25, 0.3) is 0 Å². The van der Waals surface area contributed by atoms with E-state index in [1.54, 1.807) is 18.2 Å². The van der Waals surface area contributed by atoms with Crippen molar-refractivity contribution in [1.82, 2.24) is 24.6 Å². The molecule has 0 N–H and O–H groups in total. The molecule has 61 heavy (non-hydrogen) atoms. The molecule has 4 aliphatic rings. The molecule has 0 spiro atoms. The number of amides is 1. The number of nitrogens with zero attached hydrogens (tertiary/aromatic N) is 6. The zero-order valence-electron chi connectivity index (χ0n) is 36.0.